The zero-order valence-corrected chi connectivity index (χ0v) is 21.3. The van der Waals surface area contributed by atoms with Crippen molar-refractivity contribution in [2.75, 3.05) is 24.8 Å². The Kier molecular flexibility index (Phi) is 8.76. The molecule has 1 atom stereocenters. The molecule has 0 radical (unpaired) electrons. The Labute approximate surface area is 207 Å². The maximum atomic E-state index is 13.4. The SMILES string of the molecule is COc1cc(C(=O)NC(C)CCc2ccccc2)c(N(Cc2ccccc2)S(C)(=O)=O)cc1OC. The van der Waals surface area contributed by atoms with E-state index in [1.165, 1.54) is 36.2 Å². The quantitative estimate of drug-likeness (QED) is 0.425. The molecular formula is C27H32N2O5S. The van der Waals surface area contributed by atoms with Crippen LogP contribution in [0, 0.1) is 0 Å². The van der Waals surface area contributed by atoms with Crippen LogP contribution in [0.5, 0.6) is 11.5 Å². The fraction of sp³-hybridized carbons (Fsp3) is 0.296. The highest BCUT2D eigenvalue weighted by Crippen LogP contribution is 2.37. The molecule has 0 aromatic heterocycles. The van der Waals surface area contributed by atoms with Gasteiger partial charge in [-0.05, 0) is 37.0 Å². The lowest BCUT2D eigenvalue weighted by molar-refractivity contribution is 0.0938. The summed E-state index contributed by atoms with van der Waals surface area (Å²) in [6.45, 7) is 2.00. The van der Waals surface area contributed by atoms with Crippen LogP contribution in [0.4, 0.5) is 5.69 Å². The summed E-state index contributed by atoms with van der Waals surface area (Å²) < 4.78 is 37.8. The van der Waals surface area contributed by atoms with Crippen molar-refractivity contribution in [3.05, 3.63) is 89.5 Å². The van der Waals surface area contributed by atoms with Crippen molar-refractivity contribution in [2.24, 2.45) is 0 Å². The summed E-state index contributed by atoms with van der Waals surface area (Å²) >= 11 is 0. The van der Waals surface area contributed by atoms with Crippen LogP contribution in [0.15, 0.2) is 72.8 Å². The van der Waals surface area contributed by atoms with E-state index in [1.807, 2.05) is 55.5 Å². The number of hydrogen-bond acceptors (Lipinski definition) is 5. The molecule has 186 valence electrons. The van der Waals surface area contributed by atoms with E-state index >= 15 is 0 Å². The van der Waals surface area contributed by atoms with Crippen molar-refractivity contribution in [3.8, 4) is 11.5 Å². The summed E-state index contributed by atoms with van der Waals surface area (Å²) in [4.78, 5) is 13.4. The summed E-state index contributed by atoms with van der Waals surface area (Å²) in [6, 6.07) is 22.2. The topological polar surface area (TPSA) is 84.9 Å². The average molecular weight is 497 g/mol. The molecule has 0 spiro atoms. The molecule has 0 saturated carbocycles. The molecule has 0 aliphatic rings. The highest BCUT2D eigenvalue weighted by molar-refractivity contribution is 7.92. The Morgan fingerprint density at radius 2 is 1.46 bits per heavy atom. The number of hydrogen-bond donors (Lipinski definition) is 1. The lowest BCUT2D eigenvalue weighted by Gasteiger charge is -2.26. The molecule has 1 N–H and O–H groups in total. The van der Waals surface area contributed by atoms with E-state index in [9.17, 15) is 13.2 Å². The first-order valence-electron chi connectivity index (χ1n) is 11.4. The fourth-order valence-corrected chi connectivity index (χ4v) is 4.68. The van der Waals surface area contributed by atoms with Crippen LogP contribution >= 0.6 is 0 Å². The number of benzene rings is 3. The number of carbonyl (C=O) groups is 1. The van der Waals surface area contributed by atoms with E-state index in [1.54, 1.807) is 0 Å². The molecule has 3 rings (SSSR count). The van der Waals surface area contributed by atoms with Crippen molar-refractivity contribution >= 4 is 21.6 Å². The van der Waals surface area contributed by atoms with E-state index in [-0.39, 0.29) is 29.7 Å². The first kappa shape index (κ1) is 26.1. The van der Waals surface area contributed by atoms with E-state index < -0.39 is 10.0 Å². The summed E-state index contributed by atoms with van der Waals surface area (Å²) in [5.74, 6) is 0.285. The van der Waals surface area contributed by atoms with Crippen LogP contribution in [0.25, 0.3) is 0 Å². The lowest BCUT2D eigenvalue weighted by atomic mass is 10.1. The van der Waals surface area contributed by atoms with Gasteiger partial charge in [-0.15, -0.1) is 0 Å². The number of aryl methyl sites for hydroxylation is 1. The molecule has 0 aliphatic carbocycles. The van der Waals surface area contributed by atoms with Crippen molar-refractivity contribution in [1.82, 2.24) is 5.32 Å². The predicted octanol–water partition coefficient (Wildman–Crippen LogP) is 4.42. The van der Waals surface area contributed by atoms with E-state index in [0.29, 0.717) is 11.5 Å². The van der Waals surface area contributed by atoms with Crippen LogP contribution in [0.1, 0.15) is 34.8 Å². The van der Waals surface area contributed by atoms with Gasteiger partial charge in [0.15, 0.2) is 11.5 Å². The second-order valence-electron chi connectivity index (χ2n) is 8.38. The zero-order valence-electron chi connectivity index (χ0n) is 20.5. The Hall–Kier alpha value is -3.52. The van der Waals surface area contributed by atoms with Crippen molar-refractivity contribution < 1.29 is 22.7 Å². The van der Waals surface area contributed by atoms with Gasteiger partial charge in [-0.2, -0.15) is 0 Å². The van der Waals surface area contributed by atoms with Gasteiger partial charge in [0.2, 0.25) is 10.0 Å². The number of sulfonamides is 1. The van der Waals surface area contributed by atoms with Gasteiger partial charge in [0.1, 0.15) is 0 Å². The van der Waals surface area contributed by atoms with Crippen molar-refractivity contribution in [1.29, 1.82) is 0 Å². The minimum absolute atomic E-state index is 0.0684. The Balaban J connectivity index is 1.95. The van der Waals surface area contributed by atoms with Crippen LogP contribution in [0.3, 0.4) is 0 Å². The van der Waals surface area contributed by atoms with Gasteiger partial charge in [-0.25, -0.2) is 8.42 Å². The molecule has 0 heterocycles. The number of amides is 1. The van der Waals surface area contributed by atoms with Gasteiger partial charge >= 0.3 is 0 Å². The average Bonchev–Trinajstić information content (AvgIpc) is 2.85. The van der Waals surface area contributed by atoms with Gasteiger partial charge in [0.25, 0.3) is 5.91 Å². The van der Waals surface area contributed by atoms with Crippen molar-refractivity contribution in [2.45, 2.75) is 32.4 Å². The summed E-state index contributed by atoms with van der Waals surface area (Å²) in [7, 11) is -0.795. The second-order valence-corrected chi connectivity index (χ2v) is 10.3. The molecular weight excluding hydrogens is 464 g/mol. The zero-order chi connectivity index (χ0) is 25.4. The number of ether oxygens (including phenoxy) is 2. The third kappa shape index (κ3) is 6.99. The maximum Gasteiger partial charge on any atom is 0.253 e. The Morgan fingerprint density at radius 1 is 0.914 bits per heavy atom. The van der Waals surface area contributed by atoms with Crippen LogP contribution in [-0.2, 0) is 23.0 Å². The molecule has 7 nitrogen and oxygen atoms in total. The number of anilines is 1. The van der Waals surface area contributed by atoms with Gasteiger partial charge in [-0.1, -0.05) is 60.7 Å². The van der Waals surface area contributed by atoms with E-state index in [0.717, 1.165) is 24.7 Å². The Morgan fingerprint density at radius 3 is 2.00 bits per heavy atom. The summed E-state index contributed by atoms with van der Waals surface area (Å²) in [5.41, 5.74) is 2.39. The van der Waals surface area contributed by atoms with E-state index in [4.69, 9.17) is 9.47 Å². The standard InChI is InChI=1S/C27H32N2O5S/c1-20(15-16-21-11-7-5-8-12-21)28-27(30)23-17-25(33-2)26(34-3)18-24(23)29(35(4,31)32)19-22-13-9-6-10-14-22/h5-14,17-18,20H,15-16,19H2,1-4H3,(H,28,30). The first-order chi connectivity index (χ1) is 16.7. The van der Waals surface area contributed by atoms with Crippen LogP contribution in [0.2, 0.25) is 0 Å². The smallest absolute Gasteiger partial charge is 0.253 e. The molecule has 3 aromatic rings. The van der Waals surface area contributed by atoms with Crippen molar-refractivity contribution in [3.63, 3.8) is 0 Å². The maximum absolute atomic E-state index is 13.4. The van der Waals surface area contributed by atoms with E-state index in [2.05, 4.69) is 17.4 Å². The number of rotatable bonds is 11. The molecule has 0 bridgehead atoms. The molecule has 1 unspecified atom stereocenters. The minimum atomic E-state index is -3.73. The molecule has 35 heavy (non-hydrogen) atoms. The normalized spacial score (nSPS) is 12.0. The fourth-order valence-electron chi connectivity index (χ4n) is 3.79. The summed E-state index contributed by atoms with van der Waals surface area (Å²) in [5, 5.41) is 3.01. The molecule has 8 heteroatoms. The largest absolute Gasteiger partial charge is 0.493 e. The number of methoxy groups -OCH3 is 2. The van der Waals surface area contributed by atoms with Gasteiger partial charge < -0.3 is 14.8 Å². The monoisotopic (exact) mass is 496 g/mol. The van der Waals surface area contributed by atoms with Crippen LogP contribution < -0.4 is 19.1 Å². The predicted molar refractivity (Wildman–Crippen MR) is 139 cm³/mol. The third-order valence-electron chi connectivity index (χ3n) is 5.67. The Bertz CT molecular complexity index is 1230. The minimum Gasteiger partial charge on any atom is -0.493 e. The number of nitrogens with one attached hydrogen (secondary N) is 1. The first-order valence-corrected chi connectivity index (χ1v) is 13.2. The van der Waals surface area contributed by atoms with Gasteiger partial charge in [-0.3, -0.25) is 9.10 Å². The molecule has 3 aromatic carbocycles. The second kappa shape index (κ2) is 11.8. The molecule has 0 fully saturated rings. The van der Waals surface area contributed by atoms with Gasteiger partial charge in [0, 0.05) is 12.1 Å². The number of carbonyl (C=O) groups excluding carboxylic acids is 1. The lowest BCUT2D eigenvalue weighted by Crippen LogP contribution is -2.36. The molecule has 0 aliphatic heterocycles. The third-order valence-corrected chi connectivity index (χ3v) is 6.80. The highest BCUT2D eigenvalue weighted by atomic mass is 32.2. The highest BCUT2D eigenvalue weighted by Gasteiger charge is 2.27. The van der Waals surface area contributed by atoms with Crippen LogP contribution in [-0.4, -0.2) is 40.8 Å². The summed E-state index contributed by atoms with van der Waals surface area (Å²) in [6.07, 6.45) is 2.67. The number of nitrogens with zero attached hydrogens (tertiary/aromatic N) is 1. The van der Waals surface area contributed by atoms with Gasteiger partial charge in [0.05, 0.1) is 38.3 Å². The molecule has 0 saturated heterocycles. The molecule has 1 amide bonds.